The number of benzene rings is 1. The van der Waals surface area contributed by atoms with Gasteiger partial charge in [-0.25, -0.2) is 0 Å². The van der Waals surface area contributed by atoms with Crippen molar-refractivity contribution in [2.45, 2.75) is 26.8 Å². The van der Waals surface area contributed by atoms with Crippen LogP contribution < -0.4 is 15.4 Å². The maximum absolute atomic E-state index is 12.1. The van der Waals surface area contributed by atoms with Gasteiger partial charge in [-0.05, 0) is 31.0 Å². The highest BCUT2D eigenvalue weighted by atomic mass is 16.5. The van der Waals surface area contributed by atoms with Gasteiger partial charge >= 0.3 is 0 Å². The van der Waals surface area contributed by atoms with Crippen molar-refractivity contribution in [2.24, 2.45) is 5.92 Å². The molecule has 5 nitrogen and oxygen atoms in total. The first kappa shape index (κ1) is 13.4. The van der Waals surface area contributed by atoms with Gasteiger partial charge in [0.1, 0.15) is 5.75 Å². The zero-order valence-corrected chi connectivity index (χ0v) is 11.3. The molecule has 19 heavy (non-hydrogen) atoms. The molecule has 1 aromatic rings. The molecule has 1 unspecified atom stereocenters. The summed E-state index contributed by atoms with van der Waals surface area (Å²) in [7, 11) is 0. The number of carbonyl (C=O) groups is 2. The minimum Gasteiger partial charge on any atom is -0.482 e. The van der Waals surface area contributed by atoms with Crippen molar-refractivity contribution in [1.82, 2.24) is 5.32 Å². The minimum absolute atomic E-state index is 0.0134. The molecule has 0 aliphatic carbocycles. The third-order valence-corrected chi connectivity index (χ3v) is 3.24. The van der Waals surface area contributed by atoms with Crippen molar-refractivity contribution in [3.8, 4) is 5.75 Å². The molecule has 2 rings (SSSR count). The molecule has 0 saturated carbocycles. The van der Waals surface area contributed by atoms with Gasteiger partial charge in [0.2, 0.25) is 0 Å². The molecule has 0 saturated heterocycles. The molecule has 1 atom stereocenters. The number of amides is 2. The highest BCUT2D eigenvalue weighted by molar-refractivity contribution is 5.99. The lowest BCUT2D eigenvalue weighted by Gasteiger charge is -2.20. The Bertz CT molecular complexity index is 511. The van der Waals surface area contributed by atoms with Gasteiger partial charge in [0.05, 0.1) is 5.69 Å². The van der Waals surface area contributed by atoms with Gasteiger partial charge in [-0.3, -0.25) is 9.59 Å². The van der Waals surface area contributed by atoms with E-state index >= 15 is 0 Å². The van der Waals surface area contributed by atoms with Crippen molar-refractivity contribution >= 4 is 17.5 Å². The summed E-state index contributed by atoms with van der Waals surface area (Å²) in [5.41, 5.74) is 1.13. The summed E-state index contributed by atoms with van der Waals surface area (Å²) < 4.78 is 5.29. The molecule has 2 amide bonds. The fourth-order valence-electron chi connectivity index (χ4n) is 1.67. The second-order valence-electron chi connectivity index (χ2n) is 5.05. The van der Waals surface area contributed by atoms with E-state index in [2.05, 4.69) is 24.5 Å². The van der Waals surface area contributed by atoms with Crippen molar-refractivity contribution in [3.05, 3.63) is 23.8 Å². The molecule has 0 bridgehead atoms. The van der Waals surface area contributed by atoms with Gasteiger partial charge in [0.15, 0.2) is 6.61 Å². The van der Waals surface area contributed by atoms with Crippen LogP contribution in [-0.2, 0) is 4.79 Å². The van der Waals surface area contributed by atoms with Crippen molar-refractivity contribution in [3.63, 3.8) is 0 Å². The van der Waals surface area contributed by atoms with Crippen LogP contribution in [0, 0.1) is 5.92 Å². The molecular formula is C14H18N2O3. The highest BCUT2D eigenvalue weighted by Gasteiger charge is 2.19. The van der Waals surface area contributed by atoms with Crippen LogP contribution in [0.2, 0.25) is 0 Å². The number of nitrogens with one attached hydrogen (secondary N) is 2. The van der Waals surface area contributed by atoms with E-state index in [1.807, 2.05) is 6.92 Å². The summed E-state index contributed by atoms with van der Waals surface area (Å²) in [4.78, 5) is 23.2. The quantitative estimate of drug-likeness (QED) is 0.872. The number of fused-ring (bicyclic) bond motifs is 1. The Morgan fingerprint density at radius 1 is 1.37 bits per heavy atom. The third kappa shape index (κ3) is 3.05. The number of anilines is 1. The molecule has 5 heteroatoms. The maximum Gasteiger partial charge on any atom is 0.262 e. The summed E-state index contributed by atoms with van der Waals surface area (Å²) in [6.07, 6.45) is 0. The van der Waals surface area contributed by atoms with Gasteiger partial charge in [0.25, 0.3) is 11.8 Å². The van der Waals surface area contributed by atoms with Crippen LogP contribution in [0.4, 0.5) is 5.69 Å². The van der Waals surface area contributed by atoms with Crippen LogP contribution >= 0.6 is 0 Å². The normalized spacial score (nSPS) is 15.3. The van der Waals surface area contributed by atoms with Gasteiger partial charge in [-0.2, -0.15) is 0 Å². The van der Waals surface area contributed by atoms with Crippen molar-refractivity contribution in [1.29, 1.82) is 0 Å². The molecule has 0 aromatic heterocycles. The first-order chi connectivity index (χ1) is 8.97. The number of hydrogen-bond acceptors (Lipinski definition) is 3. The summed E-state index contributed by atoms with van der Waals surface area (Å²) in [5.74, 6) is 0.587. The average molecular weight is 262 g/mol. The Morgan fingerprint density at radius 3 is 2.79 bits per heavy atom. The summed E-state index contributed by atoms with van der Waals surface area (Å²) >= 11 is 0. The van der Waals surface area contributed by atoms with Gasteiger partial charge in [0, 0.05) is 11.6 Å². The minimum atomic E-state index is -0.182. The Labute approximate surface area is 112 Å². The standard InChI is InChI=1S/C14H18N2O3/c1-8(2)9(3)15-14(18)10-4-5-11-12(6-10)19-7-13(17)16-11/h4-6,8-9H,7H2,1-3H3,(H,15,18)(H,16,17). The molecule has 1 aromatic carbocycles. The zero-order valence-electron chi connectivity index (χ0n) is 11.3. The SMILES string of the molecule is CC(C)C(C)NC(=O)c1ccc2c(c1)OCC(=O)N2. The fraction of sp³-hybridized carbons (Fsp3) is 0.429. The predicted molar refractivity (Wildman–Crippen MR) is 72.3 cm³/mol. The third-order valence-electron chi connectivity index (χ3n) is 3.24. The molecular weight excluding hydrogens is 244 g/mol. The van der Waals surface area contributed by atoms with Gasteiger partial charge in [-0.15, -0.1) is 0 Å². The molecule has 1 aliphatic heterocycles. The topological polar surface area (TPSA) is 67.4 Å². The molecule has 102 valence electrons. The number of ether oxygens (including phenoxy) is 1. The monoisotopic (exact) mass is 262 g/mol. The van der Waals surface area contributed by atoms with E-state index in [1.165, 1.54) is 0 Å². The lowest BCUT2D eigenvalue weighted by Crippen LogP contribution is -2.36. The Balaban J connectivity index is 2.14. The first-order valence-corrected chi connectivity index (χ1v) is 6.35. The molecule has 2 N–H and O–H groups in total. The molecule has 0 fully saturated rings. The van der Waals surface area contributed by atoms with Crippen LogP contribution in [0.15, 0.2) is 18.2 Å². The number of rotatable bonds is 3. The van der Waals surface area contributed by atoms with Gasteiger partial charge in [-0.1, -0.05) is 13.8 Å². The Kier molecular flexibility index (Phi) is 3.74. The summed E-state index contributed by atoms with van der Waals surface area (Å²) in [6, 6.07) is 5.11. The zero-order chi connectivity index (χ0) is 14.0. The van der Waals surface area contributed by atoms with Gasteiger partial charge < -0.3 is 15.4 Å². The largest absolute Gasteiger partial charge is 0.482 e. The molecule has 1 heterocycles. The predicted octanol–water partition coefficient (Wildman–Crippen LogP) is 1.79. The van der Waals surface area contributed by atoms with Crippen LogP contribution in [0.3, 0.4) is 0 Å². The van der Waals surface area contributed by atoms with Crippen molar-refractivity contribution in [2.75, 3.05) is 11.9 Å². The molecule has 0 spiro atoms. The first-order valence-electron chi connectivity index (χ1n) is 6.35. The van der Waals surface area contributed by atoms with Crippen LogP contribution in [0.25, 0.3) is 0 Å². The second kappa shape index (κ2) is 5.30. The lowest BCUT2D eigenvalue weighted by atomic mass is 10.1. The van der Waals surface area contributed by atoms with E-state index in [0.29, 0.717) is 22.9 Å². The second-order valence-corrected chi connectivity index (χ2v) is 5.05. The molecule has 0 radical (unpaired) electrons. The van der Waals surface area contributed by atoms with E-state index < -0.39 is 0 Å². The van der Waals surface area contributed by atoms with E-state index in [1.54, 1.807) is 18.2 Å². The van der Waals surface area contributed by atoms with E-state index in [9.17, 15) is 9.59 Å². The van der Waals surface area contributed by atoms with E-state index in [-0.39, 0.29) is 24.5 Å². The smallest absolute Gasteiger partial charge is 0.262 e. The Morgan fingerprint density at radius 2 is 2.11 bits per heavy atom. The number of carbonyl (C=O) groups excluding carboxylic acids is 2. The highest BCUT2D eigenvalue weighted by Crippen LogP contribution is 2.28. The molecule has 1 aliphatic rings. The lowest BCUT2D eigenvalue weighted by molar-refractivity contribution is -0.118. The summed E-state index contributed by atoms with van der Waals surface area (Å²) in [5, 5.41) is 5.62. The average Bonchev–Trinajstić information content (AvgIpc) is 2.37. The van der Waals surface area contributed by atoms with E-state index in [0.717, 1.165) is 0 Å². The maximum atomic E-state index is 12.1. The fourth-order valence-corrected chi connectivity index (χ4v) is 1.67. The van der Waals surface area contributed by atoms with Crippen LogP contribution in [-0.4, -0.2) is 24.5 Å². The van der Waals surface area contributed by atoms with Crippen LogP contribution in [0.5, 0.6) is 5.75 Å². The van der Waals surface area contributed by atoms with Crippen LogP contribution in [0.1, 0.15) is 31.1 Å². The van der Waals surface area contributed by atoms with Crippen molar-refractivity contribution < 1.29 is 14.3 Å². The summed E-state index contributed by atoms with van der Waals surface area (Å²) in [6.45, 7) is 6.06. The number of hydrogen-bond donors (Lipinski definition) is 2. The Hall–Kier alpha value is -2.04. The van der Waals surface area contributed by atoms with E-state index in [4.69, 9.17) is 4.74 Å².